The van der Waals surface area contributed by atoms with E-state index in [1.54, 1.807) is 12.1 Å². The Morgan fingerprint density at radius 3 is 1.30 bits per heavy atom. The first kappa shape index (κ1) is 43.5. The number of benzene rings is 3. The SMILES string of the molecule is O=C([O-])c1ccccc1C(c1ccc(OP(=O)([O-])[O-])cc1)c1ccc(OP(=O)([O-])[O-])cc1.[Na+].[Na+].[Na+].[Na+].[Na+]. The minimum Gasteiger partial charge on any atom is -0.780 e. The molecule has 0 aromatic heterocycles. The number of carbonyl (C=O) groups is 1. The van der Waals surface area contributed by atoms with Crippen molar-refractivity contribution in [2.45, 2.75) is 5.92 Å². The van der Waals surface area contributed by atoms with E-state index in [9.17, 15) is 38.6 Å². The molecule has 0 radical (unpaired) electrons. The summed E-state index contributed by atoms with van der Waals surface area (Å²) in [5, 5.41) is 11.7. The second-order valence-corrected chi connectivity index (χ2v) is 8.68. The summed E-state index contributed by atoms with van der Waals surface area (Å²) in [6, 6.07) is 16.7. The van der Waals surface area contributed by atoms with E-state index in [4.69, 9.17) is 0 Å². The quantitative estimate of drug-likeness (QED) is 0.139. The van der Waals surface area contributed by atoms with E-state index in [-0.39, 0.29) is 165 Å². The maximum Gasteiger partial charge on any atom is 1.00 e. The summed E-state index contributed by atoms with van der Waals surface area (Å²) in [7, 11) is -10.5. The fourth-order valence-electron chi connectivity index (χ4n) is 3.19. The van der Waals surface area contributed by atoms with Crippen molar-refractivity contribution in [3.8, 4) is 11.5 Å². The molecule has 168 valence electrons. The Hall–Kier alpha value is 2.03. The number of aromatic carboxylic acids is 1. The number of phosphoric ester groups is 2. The van der Waals surface area contributed by atoms with Crippen LogP contribution in [0.25, 0.3) is 0 Å². The Kier molecular flexibility index (Phi) is 22.6. The Balaban J connectivity index is -0.00000231. The van der Waals surface area contributed by atoms with Crippen molar-refractivity contribution in [2.75, 3.05) is 0 Å². The Morgan fingerprint density at radius 2 is 0.973 bits per heavy atom. The molecule has 0 aliphatic carbocycles. The summed E-state index contributed by atoms with van der Waals surface area (Å²) >= 11 is 0. The van der Waals surface area contributed by atoms with Crippen molar-refractivity contribution in [1.82, 2.24) is 0 Å². The van der Waals surface area contributed by atoms with Gasteiger partial charge in [-0.15, -0.1) is 0 Å². The fraction of sp³-hybridized carbons (Fsp3) is 0.0500. The number of hydrogen-bond acceptors (Lipinski definition) is 10. The van der Waals surface area contributed by atoms with Crippen molar-refractivity contribution in [1.29, 1.82) is 0 Å². The van der Waals surface area contributed by atoms with Crippen molar-refractivity contribution in [2.24, 2.45) is 0 Å². The molecule has 0 aliphatic heterocycles. The zero-order valence-electron chi connectivity index (χ0n) is 21.0. The van der Waals surface area contributed by atoms with E-state index in [0.717, 1.165) is 0 Å². The van der Waals surface area contributed by atoms with Crippen LogP contribution in [0.1, 0.15) is 33.0 Å². The third kappa shape index (κ3) is 14.2. The van der Waals surface area contributed by atoms with Crippen molar-refractivity contribution in [3.63, 3.8) is 0 Å². The van der Waals surface area contributed by atoms with E-state index >= 15 is 0 Å². The van der Waals surface area contributed by atoms with E-state index < -0.39 is 27.5 Å². The number of phosphoric acid groups is 2. The van der Waals surface area contributed by atoms with Crippen molar-refractivity contribution in [3.05, 3.63) is 95.1 Å². The van der Waals surface area contributed by atoms with E-state index in [0.29, 0.717) is 16.7 Å². The number of carboxylic acids is 1. The van der Waals surface area contributed by atoms with Crippen LogP contribution in [0, 0.1) is 0 Å². The van der Waals surface area contributed by atoms with Gasteiger partial charge < -0.3 is 47.7 Å². The van der Waals surface area contributed by atoms with Crippen LogP contribution in [0.15, 0.2) is 72.8 Å². The average Bonchev–Trinajstić information content (AvgIpc) is 2.69. The van der Waals surface area contributed by atoms with Gasteiger partial charge in [-0.2, -0.15) is 0 Å². The normalized spacial score (nSPS) is 10.3. The molecule has 3 aromatic carbocycles. The Morgan fingerprint density at radius 1 is 0.622 bits per heavy atom. The number of carbonyl (C=O) groups excluding carboxylic acids is 1. The van der Waals surface area contributed by atoms with Gasteiger partial charge in [0.2, 0.25) is 0 Å². The van der Waals surface area contributed by atoms with Crippen molar-refractivity contribution >= 4 is 21.6 Å². The van der Waals surface area contributed by atoms with Crippen LogP contribution in [0.2, 0.25) is 0 Å². The van der Waals surface area contributed by atoms with E-state index in [1.165, 1.54) is 60.7 Å². The van der Waals surface area contributed by atoms with E-state index in [1.807, 2.05) is 0 Å². The molecule has 37 heavy (non-hydrogen) atoms. The largest absolute Gasteiger partial charge is 1.00 e. The number of rotatable bonds is 8. The number of carboxylic acid groups (broad SMARTS) is 1. The standard InChI is InChI=1S/C20H18O10P2.5Na/c21-20(22)18-4-2-1-3-17(18)19(13-5-9-15(10-6-13)29-31(23,24)25)14-7-11-16(12-8-14)30-32(26,27)28;;;;;/h1-12,19H,(H,21,22)(H2,23,24,25)(H2,26,27,28);;;;;/q;5*+1/p-5. The molecule has 10 nitrogen and oxygen atoms in total. The fourth-order valence-corrected chi connectivity index (χ4v) is 3.95. The third-order valence-corrected chi connectivity index (χ3v) is 5.22. The predicted octanol–water partition coefficient (Wildman–Crippen LogP) is -15.3. The molecule has 0 unspecified atom stereocenters. The molecule has 0 amide bonds. The van der Waals surface area contributed by atoms with Gasteiger partial charge in [0.25, 0.3) is 0 Å². The van der Waals surface area contributed by atoms with Crippen LogP contribution in [-0.2, 0) is 9.13 Å². The molecule has 0 saturated carbocycles. The van der Waals surface area contributed by atoms with Gasteiger partial charge in [0.15, 0.2) is 0 Å². The van der Waals surface area contributed by atoms with Gasteiger partial charge in [0.05, 0.1) is 5.97 Å². The van der Waals surface area contributed by atoms with E-state index in [2.05, 4.69) is 9.05 Å². The topological polar surface area (TPSA) is 185 Å². The average molecular weight is 590 g/mol. The Bertz CT molecular complexity index is 1150. The van der Waals surface area contributed by atoms with Gasteiger partial charge in [0, 0.05) is 11.5 Å². The summed E-state index contributed by atoms with van der Waals surface area (Å²) in [5.41, 5.74) is 1.20. The monoisotopic (exact) mass is 590 g/mol. The smallest absolute Gasteiger partial charge is 0.780 e. The maximum atomic E-state index is 11.7. The van der Waals surface area contributed by atoms with Gasteiger partial charge in [0.1, 0.15) is 27.1 Å². The molecule has 3 rings (SSSR count). The molecule has 0 spiro atoms. The summed E-state index contributed by atoms with van der Waals surface area (Å²) < 4.78 is 30.2. The second kappa shape index (κ2) is 19.3. The van der Waals surface area contributed by atoms with Crippen molar-refractivity contribution < 1.29 is 195 Å². The first-order valence-corrected chi connectivity index (χ1v) is 11.8. The van der Waals surface area contributed by atoms with Crippen LogP contribution >= 0.6 is 15.6 Å². The van der Waals surface area contributed by atoms with Crippen LogP contribution < -0.4 is 182 Å². The molecule has 0 aliphatic rings. The second-order valence-electron chi connectivity index (χ2n) is 6.52. The molecule has 0 fully saturated rings. The summed E-state index contributed by atoms with van der Waals surface area (Å²) in [4.78, 5) is 54.9. The van der Waals surface area contributed by atoms with Gasteiger partial charge >= 0.3 is 148 Å². The minimum atomic E-state index is -5.26. The first-order chi connectivity index (χ1) is 14.9. The molecular formula is C20H13Na5O10P2. The van der Waals surface area contributed by atoms with Crippen LogP contribution in [0.5, 0.6) is 11.5 Å². The molecule has 0 bridgehead atoms. The summed E-state index contributed by atoms with van der Waals surface area (Å²) in [5.74, 6) is -2.61. The zero-order valence-corrected chi connectivity index (χ0v) is 32.8. The van der Waals surface area contributed by atoms with Gasteiger partial charge in [-0.25, -0.2) is 0 Å². The minimum absolute atomic E-state index is 0. The molecular weight excluding hydrogens is 577 g/mol. The van der Waals surface area contributed by atoms with Crippen LogP contribution in [0.3, 0.4) is 0 Å². The third-order valence-electron chi connectivity index (χ3n) is 4.35. The summed E-state index contributed by atoms with van der Waals surface area (Å²) in [6.07, 6.45) is 0. The predicted molar refractivity (Wildman–Crippen MR) is 101 cm³/mol. The van der Waals surface area contributed by atoms with Gasteiger partial charge in [-0.05, 0) is 41.0 Å². The van der Waals surface area contributed by atoms with Crippen LogP contribution in [-0.4, -0.2) is 5.97 Å². The van der Waals surface area contributed by atoms with Crippen LogP contribution in [0.4, 0.5) is 0 Å². The molecule has 17 heteroatoms. The summed E-state index contributed by atoms with van der Waals surface area (Å²) in [6.45, 7) is 0. The molecule has 0 N–H and O–H groups in total. The molecule has 3 aromatic rings. The molecule has 0 heterocycles. The zero-order chi connectivity index (χ0) is 23.5. The first-order valence-electron chi connectivity index (χ1n) is 8.86. The van der Waals surface area contributed by atoms with Gasteiger partial charge in [-0.3, -0.25) is 0 Å². The molecule has 0 atom stereocenters. The van der Waals surface area contributed by atoms with Gasteiger partial charge in [-0.1, -0.05) is 48.5 Å². The maximum absolute atomic E-state index is 11.7. The Labute approximate surface area is 324 Å². The molecule has 0 saturated heterocycles. The number of hydrogen-bond donors (Lipinski definition) is 0.